The third-order valence-corrected chi connectivity index (χ3v) is 3.98. The number of likely N-dealkylation sites (N-methyl/N-ethyl adjacent to an activating group) is 1. The second-order valence-electron chi connectivity index (χ2n) is 5.82. The van der Waals surface area contributed by atoms with Crippen LogP contribution in [0.5, 0.6) is 0 Å². The maximum atomic E-state index is 12.3. The van der Waals surface area contributed by atoms with Gasteiger partial charge in [0.25, 0.3) is 0 Å². The van der Waals surface area contributed by atoms with Gasteiger partial charge in [0.15, 0.2) is 0 Å². The van der Waals surface area contributed by atoms with Gasteiger partial charge in [-0.05, 0) is 46.1 Å². The standard InChI is InChI=1S/C15H29N3O/c1-5-17(9-12(2)3)15(19)11-18-10-14(8-16)7-6-13(18)4/h13-14H,2,5-11,16H2,1,3-4H3. The second-order valence-corrected chi connectivity index (χ2v) is 5.82. The summed E-state index contributed by atoms with van der Waals surface area (Å²) >= 11 is 0. The SMILES string of the molecule is C=C(C)CN(CC)C(=O)CN1CC(CN)CCC1C. The highest BCUT2D eigenvalue weighted by Crippen LogP contribution is 2.21. The molecule has 1 aliphatic heterocycles. The first kappa shape index (κ1) is 16.2. The number of rotatable bonds is 6. The van der Waals surface area contributed by atoms with Crippen LogP contribution in [-0.4, -0.2) is 54.5 Å². The van der Waals surface area contributed by atoms with Crippen LogP contribution in [0.25, 0.3) is 0 Å². The minimum Gasteiger partial charge on any atom is -0.338 e. The summed E-state index contributed by atoms with van der Waals surface area (Å²) in [6.07, 6.45) is 2.33. The number of nitrogens with two attached hydrogens (primary N) is 1. The fourth-order valence-corrected chi connectivity index (χ4v) is 2.65. The highest BCUT2D eigenvalue weighted by molar-refractivity contribution is 5.78. The molecule has 1 saturated heterocycles. The topological polar surface area (TPSA) is 49.6 Å². The Morgan fingerprint density at radius 3 is 2.68 bits per heavy atom. The van der Waals surface area contributed by atoms with Crippen molar-refractivity contribution in [1.29, 1.82) is 0 Å². The van der Waals surface area contributed by atoms with Gasteiger partial charge < -0.3 is 10.6 Å². The molecule has 0 spiro atoms. The van der Waals surface area contributed by atoms with E-state index in [2.05, 4.69) is 18.4 Å². The Hall–Kier alpha value is -0.870. The molecule has 0 saturated carbocycles. The van der Waals surface area contributed by atoms with E-state index in [0.717, 1.165) is 31.6 Å². The Labute approximate surface area is 117 Å². The average molecular weight is 267 g/mol. The molecular weight excluding hydrogens is 238 g/mol. The summed E-state index contributed by atoms with van der Waals surface area (Å²) in [4.78, 5) is 16.5. The molecule has 2 atom stereocenters. The Balaban J connectivity index is 2.55. The third-order valence-electron chi connectivity index (χ3n) is 3.98. The molecule has 1 heterocycles. The van der Waals surface area contributed by atoms with Crippen LogP contribution >= 0.6 is 0 Å². The van der Waals surface area contributed by atoms with Crippen molar-refractivity contribution in [3.8, 4) is 0 Å². The van der Waals surface area contributed by atoms with Gasteiger partial charge in [0, 0.05) is 25.7 Å². The van der Waals surface area contributed by atoms with Gasteiger partial charge in [-0.1, -0.05) is 12.2 Å². The second kappa shape index (κ2) is 7.65. The van der Waals surface area contributed by atoms with Gasteiger partial charge in [-0.2, -0.15) is 0 Å². The summed E-state index contributed by atoms with van der Waals surface area (Å²) < 4.78 is 0. The first-order chi connectivity index (χ1) is 8.97. The number of hydrogen-bond donors (Lipinski definition) is 1. The molecule has 0 aromatic rings. The molecule has 1 fully saturated rings. The van der Waals surface area contributed by atoms with Crippen molar-refractivity contribution in [2.24, 2.45) is 11.7 Å². The smallest absolute Gasteiger partial charge is 0.237 e. The third kappa shape index (κ3) is 4.96. The molecule has 0 aliphatic carbocycles. The molecule has 0 radical (unpaired) electrons. The zero-order valence-electron chi connectivity index (χ0n) is 12.7. The average Bonchev–Trinajstić information content (AvgIpc) is 2.38. The predicted octanol–water partition coefficient (Wildman–Crippen LogP) is 1.47. The maximum absolute atomic E-state index is 12.3. The van der Waals surface area contributed by atoms with E-state index in [1.165, 1.54) is 6.42 Å². The van der Waals surface area contributed by atoms with Crippen LogP contribution in [0.3, 0.4) is 0 Å². The maximum Gasteiger partial charge on any atom is 0.237 e. The van der Waals surface area contributed by atoms with E-state index in [9.17, 15) is 4.79 Å². The minimum atomic E-state index is 0.204. The van der Waals surface area contributed by atoms with E-state index in [4.69, 9.17) is 5.73 Å². The van der Waals surface area contributed by atoms with Gasteiger partial charge in [0.05, 0.1) is 6.54 Å². The molecule has 1 amide bonds. The lowest BCUT2D eigenvalue weighted by Crippen LogP contribution is -2.49. The van der Waals surface area contributed by atoms with Crippen molar-refractivity contribution in [3.05, 3.63) is 12.2 Å². The number of amides is 1. The monoisotopic (exact) mass is 267 g/mol. The van der Waals surface area contributed by atoms with Gasteiger partial charge in [-0.15, -0.1) is 0 Å². The van der Waals surface area contributed by atoms with Crippen LogP contribution in [0.4, 0.5) is 0 Å². The van der Waals surface area contributed by atoms with Crippen LogP contribution in [0.1, 0.15) is 33.6 Å². The van der Waals surface area contributed by atoms with Crippen molar-refractivity contribution >= 4 is 5.91 Å². The van der Waals surface area contributed by atoms with E-state index in [1.54, 1.807) is 0 Å². The normalized spacial score (nSPS) is 24.2. The lowest BCUT2D eigenvalue weighted by molar-refractivity contribution is -0.133. The van der Waals surface area contributed by atoms with E-state index >= 15 is 0 Å². The zero-order valence-corrected chi connectivity index (χ0v) is 12.7. The molecule has 1 aliphatic rings. The largest absolute Gasteiger partial charge is 0.338 e. The van der Waals surface area contributed by atoms with Crippen molar-refractivity contribution < 1.29 is 4.79 Å². The summed E-state index contributed by atoms with van der Waals surface area (Å²) in [5, 5.41) is 0. The zero-order chi connectivity index (χ0) is 14.4. The van der Waals surface area contributed by atoms with Crippen LogP contribution in [0.15, 0.2) is 12.2 Å². The van der Waals surface area contributed by atoms with Crippen LogP contribution in [-0.2, 0) is 4.79 Å². The molecular formula is C15H29N3O. The van der Waals surface area contributed by atoms with E-state index in [1.807, 2.05) is 18.7 Å². The minimum absolute atomic E-state index is 0.204. The van der Waals surface area contributed by atoms with E-state index in [0.29, 0.717) is 25.0 Å². The fraction of sp³-hybridized carbons (Fsp3) is 0.800. The Morgan fingerprint density at radius 2 is 2.16 bits per heavy atom. The van der Waals surface area contributed by atoms with Gasteiger partial charge in [-0.25, -0.2) is 0 Å². The number of hydrogen-bond acceptors (Lipinski definition) is 3. The summed E-state index contributed by atoms with van der Waals surface area (Å²) in [6.45, 7) is 13.7. The first-order valence-electron chi connectivity index (χ1n) is 7.34. The van der Waals surface area contributed by atoms with Gasteiger partial charge in [0.1, 0.15) is 0 Å². The number of piperidine rings is 1. The number of nitrogens with zero attached hydrogens (tertiary/aromatic N) is 2. The predicted molar refractivity (Wildman–Crippen MR) is 79.9 cm³/mol. The van der Waals surface area contributed by atoms with Crippen molar-refractivity contribution in [3.63, 3.8) is 0 Å². The lowest BCUT2D eigenvalue weighted by atomic mass is 9.93. The van der Waals surface area contributed by atoms with Crippen molar-refractivity contribution in [1.82, 2.24) is 9.80 Å². The van der Waals surface area contributed by atoms with Gasteiger partial charge in [-0.3, -0.25) is 9.69 Å². The molecule has 2 unspecified atom stereocenters. The van der Waals surface area contributed by atoms with Crippen LogP contribution < -0.4 is 5.73 Å². The molecule has 0 bridgehead atoms. The molecule has 4 heteroatoms. The number of carbonyl (C=O) groups is 1. The summed E-state index contributed by atoms with van der Waals surface area (Å²) in [7, 11) is 0. The molecule has 4 nitrogen and oxygen atoms in total. The Bertz CT molecular complexity index is 317. The van der Waals surface area contributed by atoms with E-state index in [-0.39, 0.29) is 5.91 Å². The highest BCUT2D eigenvalue weighted by Gasteiger charge is 2.27. The molecule has 19 heavy (non-hydrogen) atoms. The molecule has 0 aromatic heterocycles. The molecule has 0 aromatic carbocycles. The fourth-order valence-electron chi connectivity index (χ4n) is 2.65. The number of likely N-dealkylation sites (tertiary alicyclic amines) is 1. The van der Waals surface area contributed by atoms with Crippen molar-refractivity contribution in [2.45, 2.75) is 39.7 Å². The Kier molecular flexibility index (Phi) is 6.52. The van der Waals surface area contributed by atoms with Gasteiger partial charge >= 0.3 is 0 Å². The first-order valence-corrected chi connectivity index (χ1v) is 7.34. The van der Waals surface area contributed by atoms with Crippen LogP contribution in [0, 0.1) is 5.92 Å². The molecule has 1 rings (SSSR count). The lowest BCUT2D eigenvalue weighted by Gasteiger charge is -2.38. The summed E-state index contributed by atoms with van der Waals surface area (Å²) in [5.74, 6) is 0.746. The van der Waals surface area contributed by atoms with Crippen molar-refractivity contribution in [2.75, 3.05) is 32.7 Å². The Morgan fingerprint density at radius 1 is 1.47 bits per heavy atom. The summed E-state index contributed by atoms with van der Waals surface area (Å²) in [6, 6.07) is 0.482. The van der Waals surface area contributed by atoms with Crippen LogP contribution in [0.2, 0.25) is 0 Å². The van der Waals surface area contributed by atoms with E-state index < -0.39 is 0 Å². The summed E-state index contributed by atoms with van der Waals surface area (Å²) in [5.41, 5.74) is 6.79. The highest BCUT2D eigenvalue weighted by atomic mass is 16.2. The quantitative estimate of drug-likeness (QED) is 0.741. The molecule has 110 valence electrons. The number of carbonyl (C=O) groups excluding carboxylic acids is 1. The molecule has 2 N–H and O–H groups in total. The van der Waals surface area contributed by atoms with Gasteiger partial charge in [0.2, 0.25) is 5.91 Å².